The van der Waals surface area contributed by atoms with E-state index in [-0.39, 0.29) is 12.4 Å². The number of halogens is 1. The summed E-state index contributed by atoms with van der Waals surface area (Å²) in [5, 5.41) is 0. The predicted molar refractivity (Wildman–Crippen MR) is 79.4 cm³/mol. The number of ether oxygens (including phenoxy) is 2. The molecule has 1 saturated heterocycles. The summed E-state index contributed by atoms with van der Waals surface area (Å²) in [4.78, 5) is 2.41. The van der Waals surface area contributed by atoms with Crippen LogP contribution in [0.3, 0.4) is 0 Å². The first-order valence-electron chi connectivity index (χ1n) is 6.53. The van der Waals surface area contributed by atoms with Crippen molar-refractivity contribution in [2.24, 2.45) is 5.73 Å². The molecule has 0 aliphatic carbocycles. The van der Waals surface area contributed by atoms with Crippen LogP contribution >= 0.6 is 12.4 Å². The molecule has 1 aromatic carbocycles. The highest BCUT2D eigenvalue weighted by Crippen LogP contribution is 2.17. The van der Waals surface area contributed by atoms with Crippen LogP contribution in [-0.2, 0) is 0 Å². The number of benzene rings is 1. The molecule has 0 amide bonds. The average molecular weight is 287 g/mol. The minimum atomic E-state index is 0. The lowest BCUT2D eigenvalue weighted by Gasteiger charge is -2.29. The minimum Gasteiger partial charge on any atom is -0.497 e. The zero-order valence-corrected chi connectivity index (χ0v) is 12.2. The van der Waals surface area contributed by atoms with Gasteiger partial charge < -0.3 is 15.2 Å². The number of rotatable bonds is 5. The quantitative estimate of drug-likeness (QED) is 0.898. The fraction of sp³-hybridized carbons (Fsp3) is 0.571. The first-order chi connectivity index (χ1) is 8.78. The van der Waals surface area contributed by atoms with Crippen molar-refractivity contribution >= 4 is 12.4 Å². The summed E-state index contributed by atoms with van der Waals surface area (Å²) in [7, 11) is 1.66. The Bertz CT molecular complexity index is 351. The molecular formula is C14H23ClN2O2. The van der Waals surface area contributed by atoms with Crippen molar-refractivity contribution in [2.45, 2.75) is 18.9 Å². The number of hydrogen-bond acceptors (Lipinski definition) is 4. The fourth-order valence-corrected chi connectivity index (χ4v) is 2.14. The smallest absolute Gasteiger partial charge is 0.119 e. The molecule has 0 radical (unpaired) electrons. The SMILES string of the molecule is COc1ccc(OCCN2CCC(N)CC2)cc1.Cl. The average Bonchev–Trinajstić information content (AvgIpc) is 2.42. The van der Waals surface area contributed by atoms with Crippen molar-refractivity contribution in [1.29, 1.82) is 0 Å². The lowest BCUT2D eigenvalue weighted by Crippen LogP contribution is -2.41. The Kier molecular flexibility index (Phi) is 6.99. The standard InChI is InChI=1S/C14H22N2O2.ClH/c1-17-13-2-4-14(5-3-13)18-11-10-16-8-6-12(15)7-9-16;/h2-5,12H,6-11,15H2,1H3;1H. The van der Waals surface area contributed by atoms with Gasteiger partial charge in [0.2, 0.25) is 0 Å². The van der Waals surface area contributed by atoms with E-state index < -0.39 is 0 Å². The van der Waals surface area contributed by atoms with Gasteiger partial charge in [-0.25, -0.2) is 0 Å². The highest BCUT2D eigenvalue weighted by Gasteiger charge is 2.15. The van der Waals surface area contributed by atoms with Gasteiger partial charge in [-0.3, -0.25) is 4.90 Å². The van der Waals surface area contributed by atoms with E-state index in [0.717, 1.165) is 50.6 Å². The van der Waals surface area contributed by atoms with Crippen LogP contribution in [0, 0.1) is 0 Å². The first-order valence-corrected chi connectivity index (χ1v) is 6.53. The van der Waals surface area contributed by atoms with Gasteiger partial charge in [-0.2, -0.15) is 0 Å². The van der Waals surface area contributed by atoms with Crippen molar-refractivity contribution in [3.8, 4) is 11.5 Å². The van der Waals surface area contributed by atoms with E-state index in [4.69, 9.17) is 15.2 Å². The number of piperidine rings is 1. The molecule has 0 spiro atoms. The van der Waals surface area contributed by atoms with Gasteiger partial charge in [0.15, 0.2) is 0 Å². The molecular weight excluding hydrogens is 264 g/mol. The Hall–Kier alpha value is -0.970. The maximum Gasteiger partial charge on any atom is 0.119 e. The van der Waals surface area contributed by atoms with Crippen LogP contribution in [0.1, 0.15) is 12.8 Å². The minimum absolute atomic E-state index is 0. The van der Waals surface area contributed by atoms with Crippen molar-refractivity contribution in [3.63, 3.8) is 0 Å². The summed E-state index contributed by atoms with van der Waals surface area (Å²) in [6, 6.07) is 8.09. The monoisotopic (exact) mass is 286 g/mol. The zero-order valence-electron chi connectivity index (χ0n) is 11.4. The Balaban J connectivity index is 0.00000180. The third-order valence-corrected chi connectivity index (χ3v) is 3.37. The van der Waals surface area contributed by atoms with Crippen LogP contribution in [0.4, 0.5) is 0 Å². The van der Waals surface area contributed by atoms with Crippen molar-refractivity contribution in [1.82, 2.24) is 4.90 Å². The number of hydrogen-bond donors (Lipinski definition) is 1. The van der Waals surface area contributed by atoms with E-state index in [1.165, 1.54) is 0 Å². The lowest BCUT2D eigenvalue weighted by molar-refractivity contribution is 0.174. The van der Waals surface area contributed by atoms with Gasteiger partial charge in [-0.15, -0.1) is 12.4 Å². The third-order valence-electron chi connectivity index (χ3n) is 3.37. The molecule has 0 saturated carbocycles. The van der Waals surface area contributed by atoms with E-state index in [0.29, 0.717) is 6.04 Å². The van der Waals surface area contributed by atoms with Crippen molar-refractivity contribution in [2.75, 3.05) is 33.4 Å². The molecule has 2 rings (SSSR count). The Morgan fingerprint density at radius 3 is 2.32 bits per heavy atom. The highest BCUT2D eigenvalue weighted by molar-refractivity contribution is 5.85. The van der Waals surface area contributed by atoms with Crippen LogP contribution in [0.15, 0.2) is 24.3 Å². The molecule has 19 heavy (non-hydrogen) atoms. The van der Waals surface area contributed by atoms with Gasteiger partial charge in [0.05, 0.1) is 7.11 Å². The summed E-state index contributed by atoms with van der Waals surface area (Å²) in [6.07, 6.45) is 2.20. The largest absolute Gasteiger partial charge is 0.497 e. The highest BCUT2D eigenvalue weighted by atomic mass is 35.5. The van der Waals surface area contributed by atoms with Crippen LogP contribution in [0.5, 0.6) is 11.5 Å². The summed E-state index contributed by atoms with van der Waals surface area (Å²) in [5.41, 5.74) is 5.87. The Morgan fingerprint density at radius 2 is 1.74 bits per heavy atom. The van der Waals surface area contributed by atoms with Crippen LogP contribution in [-0.4, -0.2) is 44.3 Å². The maximum atomic E-state index is 5.87. The van der Waals surface area contributed by atoms with E-state index in [9.17, 15) is 0 Å². The molecule has 1 aromatic rings. The van der Waals surface area contributed by atoms with Crippen LogP contribution in [0.2, 0.25) is 0 Å². The van der Waals surface area contributed by atoms with Gasteiger partial charge in [-0.1, -0.05) is 0 Å². The van der Waals surface area contributed by atoms with Crippen LogP contribution in [0.25, 0.3) is 0 Å². The molecule has 1 aliphatic rings. The maximum absolute atomic E-state index is 5.87. The second-order valence-corrected chi connectivity index (χ2v) is 4.70. The van der Waals surface area contributed by atoms with E-state index >= 15 is 0 Å². The normalized spacial score (nSPS) is 16.7. The molecule has 0 atom stereocenters. The zero-order chi connectivity index (χ0) is 12.8. The van der Waals surface area contributed by atoms with E-state index in [1.807, 2.05) is 24.3 Å². The number of likely N-dealkylation sites (tertiary alicyclic amines) is 1. The van der Waals surface area contributed by atoms with Gasteiger partial charge in [-0.05, 0) is 50.2 Å². The topological polar surface area (TPSA) is 47.7 Å². The van der Waals surface area contributed by atoms with E-state index in [1.54, 1.807) is 7.11 Å². The molecule has 5 heteroatoms. The number of nitrogens with zero attached hydrogens (tertiary/aromatic N) is 1. The van der Waals surface area contributed by atoms with Gasteiger partial charge >= 0.3 is 0 Å². The Morgan fingerprint density at radius 1 is 1.16 bits per heavy atom. The molecule has 0 aromatic heterocycles. The third kappa shape index (κ3) is 5.27. The molecule has 108 valence electrons. The predicted octanol–water partition coefficient (Wildman–Crippen LogP) is 1.92. The molecule has 1 fully saturated rings. The first kappa shape index (κ1) is 16.1. The molecule has 0 bridgehead atoms. The van der Waals surface area contributed by atoms with E-state index in [2.05, 4.69) is 4.90 Å². The summed E-state index contributed by atoms with van der Waals surface area (Å²) < 4.78 is 10.8. The second kappa shape index (κ2) is 8.25. The van der Waals surface area contributed by atoms with Crippen molar-refractivity contribution in [3.05, 3.63) is 24.3 Å². The second-order valence-electron chi connectivity index (χ2n) is 4.70. The lowest BCUT2D eigenvalue weighted by atomic mass is 10.1. The van der Waals surface area contributed by atoms with Gasteiger partial charge in [0.1, 0.15) is 18.1 Å². The Labute approximate surface area is 121 Å². The van der Waals surface area contributed by atoms with Gasteiger partial charge in [0.25, 0.3) is 0 Å². The summed E-state index contributed by atoms with van der Waals surface area (Å²) in [5.74, 6) is 1.75. The molecule has 4 nitrogen and oxygen atoms in total. The van der Waals surface area contributed by atoms with Crippen LogP contribution < -0.4 is 15.2 Å². The molecule has 2 N–H and O–H groups in total. The van der Waals surface area contributed by atoms with Crippen molar-refractivity contribution < 1.29 is 9.47 Å². The molecule has 1 aliphatic heterocycles. The molecule has 1 heterocycles. The number of nitrogens with two attached hydrogens (primary N) is 1. The number of methoxy groups -OCH3 is 1. The summed E-state index contributed by atoms with van der Waals surface area (Å²) >= 11 is 0. The fourth-order valence-electron chi connectivity index (χ4n) is 2.14. The molecule has 0 unspecified atom stereocenters. The summed E-state index contributed by atoms with van der Waals surface area (Å²) in [6.45, 7) is 3.88. The van der Waals surface area contributed by atoms with Gasteiger partial charge in [0, 0.05) is 12.6 Å².